The van der Waals surface area contributed by atoms with Gasteiger partial charge in [-0.2, -0.15) is 0 Å². The van der Waals surface area contributed by atoms with Gasteiger partial charge in [-0.15, -0.1) is 0 Å². The van der Waals surface area contributed by atoms with E-state index < -0.39 is 10.0 Å². The first-order valence-electron chi connectivity index (χ1n) is 9.36. The van der Waals surface area contributed by atoms with Gasteiger partial charge in [0.05, 0.1) is 25.5 Å². The zero-order valence-corrected chi connectivity index (χ0v) is 18.0. The van der Waals surface area contributed by atoms with Crippen LogP contribution in [-0.4, -0.2) is 53.4 Å². The van der Waals surface area contributed by atoms with E-state index in [0.29, 0.717) is 12.1 Å². The van der Waals surface area contributed by atoms with Crippen LogP contribution >= 0.6 is 0 Å². The van der Waals surface area contributed by atoms with Gasteiger partial charge < -0.3 is 10.2 Å². The highest BCUT2D eigenvalue weighted by molar-refractivity contribution is 7.89. The lowest BCUT2D eigenvalue weighted by Crippen LogP contribution is -3.07. The van der Waals surface area contributed by atoms with Gasteiger partial charge in [0.2, 0.25) is 10.0 Å². The molecule has 2 N–H and O–H groups in total. The minimum Gasteiger partial charge on any atom is -0.346 e. The predicted molar refractivity (Wildman–Crippen MR) is 111 cm³/mol. The molecule has 2 rings (SSSR count). The fraction of sp³-hybridized carbons (Fsp3) is 0.381. The first-order chi connectivity index (χ1) is 13.2. The Bertz CT molecular complexity index is 907. The quantitative estimate of drug-likeness (QED) is 0.693. The van der Waals surface area contributed by atoms with Crippen molar-refractivity contribution in [3.63, 3.8) is 0 Å². The lowest BCUT2D eigenvalue weighted by atomic mass is 10.0. The number of nitrogens with zero attached hydrogens (tertiary/aromatic N) is 1. The molecule has 0 saturated heterocycles. The summed E-state index contributed by atoms with van der Waals surface area (Å²) in [7, 11) is 3.46. The molecular formula is C21H30N3O3S+. The number of aryl methyl sites for hydroxylation is 1. The van der Waals surface area contributed by atoms with Crippen molar-refractivity contribution >= 4 is 15.9 Å². The molecule has 0 aliphatic rings. The van der Waals surface area contributed by atoms with Crippen LogP contribution in [0, 0.1) is 0 Å². The summed E-state index contributed by atoms with van der Waals surface area (Å²) in [6, 6.07) is 14.7. The van der Waals surface area contributed by atoms with Gasteiger partial charge in [-0.1, -0.05) is 37.3 Å². The van der Waals surface area contributed by atoms with Crippen LogP contribution in [0.3, 0.4) is 0 Å². The van der Waals surface area contributed by atoms with Crippen molar-refractivity contribution in [3.8, 4) is 0 Å². The maximum absolute atomic E-state index is 12.6. The third-order valence-corrected chi connectivity index (χ3v) is 6.64. The Balaban J connectivity index is 2.15. The minimum atomic E-state index is -3.58. The Morgan fingerprint density at radius 1 is 1.11 bits per heavy atom. The highest BCUT2D eigenvalue weighted by atomic mass is 32.2. The zero-order chi connectivity index (χ0) is 20.9. The van der Waals surface area contributed by atoms with Crippen molar-refractivity contribution in [3.05, 3.63) is 65.2 Å². The maximum atomic E-state index is 12.6. The number of quaternary nitrogens is 1. The number of rotatable bonds is 8. The molecule has 152 valence electrons. The van der Waals surface area contributed by atoms with E-state index in [1.165, 1.54) is 36.7 Å². The molecule has 6 nitrogen and oxygen atoms in total. The monoisotopic (exact) mass is 404 g/mol. The lowest BCUT2D eigenvalue weighted by Gasteiger charge is -2.22. The normalized spacial score (nSPS) is 13.0. The smallest absolute Gasteiger partial charge is 0.251 e. The van der Waals surface area contributed by atoms with Gasteiger partial charge in [0.1, 0.15) is 6.04 Å². The summed E-state index contributed by atoms with van der Waals surface area (Å²) in [5.41, 5.74) is 2.76. The van der Waals surface area contributed by atoms with Gasteiger partial charge >= 0.3 is 0 Å². The van der Waals surface area contributed by atoms with Crippen LogP contribution in [0.25, 0.3) is 0 Å². The predicted octanol–water partition coefficient (Wildman–Crippen LogP) is 1.11. The highest BCUT2D eigenvalue weighted by Gasteiger charge is 2.21. The van der Waals surface area contributed by atoms with Crippen molar-refractivity contribution in [1.29, 1.82) is 0 Å². The first kappa shape index (κ1) is 22.1. The summed E-state index contributed by atoms with van der Waals surface area (Å²) >= 11 is 0. The van der Waals surface area contributed by atoms with Crippen LogP contribution < -0.4 is 10.2 Å². The minimum absolute atomic E-state index is 0.101. The van der Waals surface area contributed by atoms with E-state index in [-0.39, 0.29) is 16.8 Å². The van der Waals surface area contributed by atoms with E-state index in [1.807, 2.05) is 0 Å². The fourth-order valence-corrected chi connectivity index (χ4v) is 3.89. The number of hydrogen-bond acceptors (Lipinski definition) is 3. The summed E-state index contributed by atoms with van der Waals surface area (Å²) < 4.78 is 25.7. The van der Waals surface area contributed by atoms with Gasteiger partial charge in [0, 0.05) is 25.2 Å². The second-order valence-corrected chi connectivity index (χ2v) is 9.40. The van der Waals surface area contributed by atoms with Crippen molar-refractivity contribution in [2.75, 3.05) is 34.7 Å². The number of hydrogen-bond donors (Lipinski definition) is 2. The molecule has 0 aromatic heterocycles. The third kappa shape index (κ3) is 5.19. The number of carbonyl (C=O) groups excluding carboxylic acids is 1. The second kappa shape index (κ2) is 9.32. The molecule has 7 heteroatoms. The molecule has 0 unspecified atom stereocenters. The summed E-state index contributed by atoms with van der Waals surface area (Å²) in [5.74, 6) is -0.285. The van der Waals surface area contributed by atoms with Gasteiger partial charge in [0.15, 0.2) is 0 Å². The molecule has 0 aliphatic carbocycles. The van der Waals surface area contributed by atoms with E-state index in [0.717, 1.165) is 16.3 Å². The highest BCUT2D eigenvalue weighted by Crippen LogP contribution is 2.15. The van der Waals surface area contributed by atoms with E-state index in [2.05, 4.69) is 50.6 Å². The number of likely N-dealkylation sites (N-methyl/N-ethyl adjacent to an activating group) is 1. The van der Waals surface area contributed by atoms with Gasteiger partial charge in [-0.3, -0.25) is 4.79 Å². The summed E-state index contributed by atoms with van der Waals surface area (Å²) in [4.78, 5) is 13.9. The molecule has 0 heterocycles. The molecule has 1 amide bonds. The number of amides is 1. The fourth-order valence-electron chi connectivity index (χ4n) is 2.95. The summed E-state index contributed by atoms with van der Waals surface area (Å²) in [5, 5.41) is 2.95. The molecule has 0 fully saturated rings. The van der Waals surface area contributed by atoms with Crippen molar-refractivity contribution in [2.24, 2.45) is 0 Å². The summed E-state index contributed by atoms with van der Waals surface area (Å²) in [6.07, 6.45) is 0.989. The van der Waals surface area contributed by atoms with E-state index in [4.69, 9.17) is 0 Å². The third-order valence-electron chi connectivity index (χ3n) is 4.83. The molecule has 0 spiro atoms. The average molecular weight is 405 g/mol. The van der Waals surface area contributed by atoms with E-state index in [9.17, 15) is 13.2 Å². The second-order valence-electron chi connectivity index (χ2n) is 7.25. The molecular weight excluding hydrogens is 374 g/mol. The Morgan fingerprint density at radius 2 is 1.75 bits per heavy atom. The maximum Gasteiger partial charge on any atom is 0.251 e. The SMILES string of the molecule is CCc1ccc([C@@H](CNC(=O)c2cccc(S(=O)(=O)N(C)C)c2)[NH+](C)C)cc1. The molecule has 0 radical (unpaired) electrons. The first-order valence-corrected chi connectivity index (χ1v) is 10.8. The molecule has 0 bridgehead atoms. The Morgan fingerprint density at radius 3 is 2.29 bits per heavy atom. The number of benzene rings is 2. The van der Waals surface area contributed by atoms with Crippen LogP contribution in [0.4, 0.5) is 0 Å². The molecule has 28 heavy (non-hydrogen) atoms. The van der Waals surface area contributed by atoms with Gasteiger partial charge in [-0.05, 0) is 30.2 Å². The molecule has 2 aromatic rings. The molecule has 2 aromatic carbocycles. The van der Waals surface area contributed by atoms with E-state index >= 15 is 0 Å². The molecule has 0 aliphatic heterocycles. The Kier molecular flexibility index (Phi) is 7.35. The zero-order valence-electron chi connectivity index (χ0n) is 17.2. The Hall–Kier alpha value is -2.22. The van der Waals surface area contributed by atoms with Gasteiger partial charge in [-0.25, -0.2) is 12.7 Å². The van der Waals surface area contributed by atoms with Crippen LogP contribution in [0.2, 0.25) is 0 Å². The lowest BCUT2D eigenvalue weighted by molar-refractivity contribution is -0.890. The van der Waals surface area contributed by atoms with Crippen molar-refractivity contribution in [1.82, 2.24) is 9.62 Å². The summed E-state index contributed by atoms with van der Waals surface area (Å²) in [6.45, 7) is 2.58. The average Bonchev–Trinajstić information content (AvgIpc) is 2.68. The van der Waals surface area contributed by atoms with E-state index in [1.54, 1.807) is 12.1 Å². The van der Waals surface area contributed by atoms with Crippen LogP contribution in [0.5, 0.6) is 0 Å². The topological polar surface area (TPSA) is 70.9 Å². The standard InChI is InChI=1S/C21H29N3O3S/c1-6-16-10-12-17(13-11-16)20(23(2)3)15-22-21(25)18-8-7-9-19(14-18)28(26,27)24(4)5/h7-14,20H,6,15H2,1-5H3,(H,22,25)/p+1/t20-/m1/s1. The number of carbonyl (C=O) groups is 1. The molecule has 1 atom stereocenters. The van der Waals surface area contributed by atoms with Crippen LogP contribution in [0.1, 0.15) is 34.5 Å². The van der Waals surface area contributed by atoms with Crippen molar-refractivity contribution < 1.29 is 18.1 Å². The van der Waals surface area contributed by atoms with Crippen LogP contribution in [-0.2, 0) is 16.4 Å². The largest absolute Gasteiger partial charge is 0.346 e. The number of sulfonamides is 1. The van der Waals surface area contributed by atoms with Crippen molar-refractivity contribution in [2.45, 2.75) is 24.3 Å². The molecule has 0 saturated carbocycles. The van der Waals surface area contributed by atoms with Crippen LogP contribution in [0.15, 0.2) is 53.4 Å². The Labute approximate surface area is 168 Å². The number of nitrogens with one attached hydrogen (secondary N) is 2. The van der Waals surface area contributed by atoms with Gasteiger partial charge in [0.25, 0.3) is 5.91 Å².